The van der Waals surface area contributed by atoms with Crippen molar-refractivity contribution in [2.24, 2.45) is 0 Å². The molecule has 1 aliphatic heterocycles. The summed E-state index contributed by atoms with van der Waals surface area (Å²) in [5, 5.41) is 0. The number of rotatable bonds is 9. The maximum Gasteiger partial charge on any atom is 0.0141 e. The fourth-order valence-electron chi connectivity index (χ4n) is 4.60. The van der Waals surface area contributed by atoms with Crippen LogP contribution in [0.2, 0.25) is 0 Å². The zero-order chi connectivity index (χ0) is 19.7. The average molecular weight is 368 g/mol. The molecular weight excluding hydrogens is 326 g/mol. The van der Waals surface area contributed by atoms with Crippen LogP contribution in [0.3, 0.4) is 0 Å². The average Bonchev–Trinajstić information content (AvgIpc) is 2.68. The van der Waals surface area contributed by atoms with Crippen molar-refractivity contribution in [3.63, 3.8) is 0 Å². The highest BCUT2D eigenvalue weighted by atomic mass is 15.2. The van der Waals surface area contributed by atoms with E-state index in [0.29, 0.717) is 6.04 Å². The van der Waals surface area contributed by atoms with E-state index in [2.05, 4.69) is 82.0 Å². The van der Waals surface area contributed by atoms with E-state index in [9.17, 15) is 0 Å². The van der Waals surface area contributed by atoms with Crippen LogP contribution in [-0.2, 0) is 5.41 Å². The molecule has 0 bridgehead atoms. The number of hydrogen-bond donors (Lipinski definition) is 0. The van der Waals surface area contributed by atoms with Gasteiger partial charge in [-0.15, -0.1) is 0 Å². The zero-order valence-corrected chi connectivity index (χ0v) is 18.4. The first-order chi connectivity index (χ1) is 13.0. The van der Waals surface area contributed by atoms with E-state index in [1.165, 1.54) is 63.6 Å². The molecule has 1 heterocycles. The van der Waals surface area contributed by atoms with E-state index in [0.717, 1.165) is 0 Å². The summed E-state index contributed by atoms with van der Waals surface area (Å²) in [6, 6.07) is 11.7. The lowest BCUT2D eigenvalue weighted by Crippen LogP contribution is -2.42. The maximum atomic E-state index is 2.79. The van der Waals surface area contributed by atoms with Gasteiger partial charge < -0.3 is 4.90 Å². The second kappa shape index (κ2) is 10.9. The normalized spacial score (nSPS) is 18.6. The smallest absolute Gasteiger partial charge is 0.0141 e. The van der Waals surface area contributed by atoms with Crippen LogP contribution in [-0.4, -0.2) is 24.0 Å². The van der Waals surface area contributed by atoms with Gasteiger partial charge in [-0.2, -0.15) is 0 Å². The molecule has 0 saturated carbocycles. The first-order valence-electron chi connectivity index (χ1n) is 11.1. The van der Waals surface area contributed by atoms with Crippen LogP contribution in [0.5, 0.6) is 0 Å². The molecule has 1 nitrogen and oxygen atoms in total. The minimum atomic E-state index is 0.204. The van der Waals surface area contributed by atoms with Gasteiger partial charge in [0.05, 0.1) is 0 Å². The Kier molecular flexibility index (Phi) is 8.83. The molecule has 1 aromatic rings. The number of piperidine rings is 1. The Morgan fingerprint density at radius 3 is 2.37 bits per heavy atom. The van der Waals surface area contributed by atoms with Crippen LogP contribution >= 0.6 is 0 Å². The highest BCUT2D eigenvalue weighted by molar-refractivity contribution is 5.27. The molecule has 2 rings (SSSR count). The van der Waals surface area contributed by atoms with Crippen LogP contribution < -0.4 is 0 Å². The van der Waals surface area contributed by atoms with Gasteiger partial charge in [-0.25, -0.2) is 0 Å². The summed E-state index contributed by atoms with van der Waals surface area (Å²) in [5.74, 6) is 0. The number of benzene rings is 1. The zero-order valence-electron chi connectivity index (χ0n) is 18.4. The predicted octanol–water partition coefficient (Wildman–Crippen LogP) is 7.29. The predicted molar refractivity (Wildman–Crippen MR) is 120 cm³/mol. The molecule has 1 saturated heterocycles. The van der Waals surface area contributed by atoms with Crippen molar-refractivity contribution in [1.29, 1.82) is 0 Å². The van der Waals surface area contributed by atoms with Crippen LogP contribution in [0.1, 0.15) is 85.1 Å². The minimum Gasteiger partial charge on any atom is -0.300 e. The van der Waals surface area contributed by atoms with Crippen molar-refractivity contribution in [2.45, 2.75) is 91.0 Å². The van der Waals surface area contributed by atoms with E-state index in [4.69, 9.17) is 0 Å². The van der Waals surface area contributed by atoms with Crippen molar-refractivity contribution < 1.29 is 0 Å². The lowest BCUT2D eigenvalue weighted by atomic mass is 9.77. The van der Waals surface area contributed by atoms with Crippen molar-refractivity contribution in [3.8, 4) is 0 Å². The van der Waals surface area contributed by atoms with E-state index in [1.807, 2.05) is 0 Å². The van der Waals surface area contributed by atoms with Gasteiger partial charge in [0.15, 0.2) is 0 Å². The summed E-state index contributed by atoms with van der Waals surface area (Å²) in [4.78, 5) is 2.79. The highest BCUT2D eigenvalue weighted by Gasteiger charge is 2.29. The molecule has 150 valence electrons. The summed E-state index contributed by atoms with van der Waals surface area (Å²) in [6.07, 6.45) is 13.5. The molecule has 0 spiro atoms. The lowest BCUT2D eigenvalue weighted by Gasteiger charge is -2.40. The maximum absolute atomic E-state index is 2.79. The van der Waals surface area contributed by atoms with Gasteiger partial charge in [-0.1, -0.05) is 81.7 Å². The molecule has 0 aliphatic carbocycles. The summed E-state index contributed by atoms with van der Waals surface area (Å²) in [7, 11) is 0. The van der Waals surface area contributed by atoms with Gasteiger partial charge in [-0.05, 0) is 75.6 Å². The van der Waals surface area contributed by atoms with Gasteiger partial charge in [0.1, 0.15) is 0 Å². The van der Waals surface area contributed by atoms with Crippen LogP contribution in [0.15, 0.2) is 53.6 Å². The topological polar surface area (TPSA) is 3.24 Å². The van der Waals surface area contributed by atoms with Crippen LogP contribution in [0, 0.1) is 0 Å². The van der Waals surface area contributed by atoms with Crippen molar-refractivity contribution in [3.05, 3.63) is 59.2 Å². The summed E-state index contributed by atoms with van der Waals surface area (Å²) >= 11 is 0. The Bertz CT molecular complexity index is 602. The summed E-state index contributed by atoms with van der Waals surface area (Å²) in [5.41, 5.74) is 4.82. The SMILES string of the molecule is C/C=C\C(CCC)=C(/C)CC(CC(C)(C)c1ccccc1)N1CCCCC1. The molecule has 27 heavy (non-hydrogen) atoms. The molecule has 0 aromatic heterocycles. The number of nitrogens with zero attached hydrogens (tertiary/aromatic N) is 1. The van der Waals surface area contributed by atoms with Crippen molar-refractivity contribution >= 4 is 0 Å². The lowest BCUT2D eigenvalue weighted by molar-refractivity contribution is 0.136. The molecule has 0 amide bonds. The third-order valence-corrected chi connectivity index (χ3v) is 6.19. The molecule has 1 fully saturated rings. The molecular formula is C26H41N. The Morgan fingerprint density at radius 1 is 1.11 bits per heavy atom. The Balaban J connectivity index is 2.24. The molecule has 0 radical (unpaired) electrons. The van der Waals surface area contributed by atoms with E-state index in [-0.39, 0.29) is 5.41 Å². The third-order valence-electron chi connectivity index (χ3n) is 6.19. The monoisotopic (exact) mass is 367 g/mol. The second-order valence-electron chi connectivity index (χ2n) is 8.96. The van der Waals surface area contributed by atoms with E-state index < -0.39 is 0 Å². The fourth-order valence-corrected chi connectivity index (χ4v) is 4.60. The van der Waals surface area contributed by atoms with Gasteiger partial charge in [0.2, 0.25) is 0 Å². The largest absolute Gasteiger partial charge is 0.300 e. The molecule has 1 heteroatoms. The van der Waals surface area contributed by atoms with E-state index >= 15 is 0 Å². The van der Waals surface area contributed by atoms with E-state index in [1.54, 1.807) is 11.1 Å². The van der Waals surface area contributed by atoms with Crippen LogP contribution in [0.4, 0.5) is 0 Å². The summed E-state index contributed by atoms with van der Waals surface area (Å²) < 4.78 is 0. The standard InChI is InChI=1S/C26H41N/c1-6-14-23(15-7-2)22(3)20-25(27-18-12-9-13-19-27)21-26(4,5)24-16-10-8-11-17-24/h6,8,10-11,14,16-17,25H,7,9,12-13,15,18-21H2,1-5H3/b14-6-,23-22-. The second-order valence-corrected chi connectivity index (χ2v) is 8.96. The summed E-state index contributed by atoms with van der Waals surface area (Å²) in [6.45, 7) is 14.2. The Labute approximate surface area is 168 Å². The van der Waals surface area contributed by atoms with Gasteiger partial charge in [0, 0.05) is 6.04 Å². The van der Waals surface area contributed by atoms with Crippen molar-refractivity contribution in [1.82, 2.24) is 4.90 Å². The highest BCUT2D eigenvalue weighted by Crippen LogP contribution is 2.33. The van der Waals surface area contributed by atoms with Crippen LogP contribution in [0.25, 0.3) is 0 Å². The molecule has 1 atom stereocenters. The third kappa shape index (κ3) is 6.64. The molecule has 0 N–H and O–H groups in total. The number of hydrogen-bond acceptors (Lipinski definition) is 1. The first-order valence-corrected chi connectivity index (χ1v) is 11.1. The fraction of sp³-hybridized carbons (Fsp3) is 0.615. The van der Waals surface area contributed by atoms with Gasteiger partial charge >= 0.3 is 0 Å². The molecule has 1 unspecified atom stereocenters. The molecule has 1 aliphatic rings. The van der Waals surface area contributed by atoms with Gasteiger partial charge in [0.25, 0.3) is 0 Å². The number of allylic oxidation sites excluding steroid dienone is 3. The van der Waals surface area contributed by atoms with Gasteiger partial charge in [-0.3, -0.25) is 0 Å². The Morgan fingerprint density at radius 2 is 1.78 bits per heavy atom. The quantitative estimate of drug-likeness (QED) is 0.414. The van der Waals surface area contributed by atoms with Crippen molar-refractivity contribution in [2.75, 3.05) is 13.1 Å². The minimum absolute atomic E-state index is 0.204. The number of likely N-dealkylation sites (tertiary alicyclic amines) is 1. The molecule has 1 aromatic carbocycles. The first kappa shape index (κ1) is 22.0. The Hall–Kier alpha value is -1.34.